The molecule has 0 aromatic rings. The Balaban J connectivity index is -0.0000000208. The summed E-state index contributed by atoms with van der Waals surface area (Å²) in [6, 6.07) is 0. The second-order valence-corrected chi connectivity index (χ2v) is 0.986. The van der Waals surface area contributed by atoms with Gasteiger partial charge < -0.3 is 9.47 Å². The highest BCUT2D eigenvalue weighted by molar-refractivity contribution is 5.86. The second kappa shape index (κ2) is 32.2. The van der Waals surface area contributed by atoms with Crippen molar-refractivity contribution in [2.24, 2.45) is 0 Å². The van der Waals surface area contributed by atoms with Gasteiger partial charge in [-0.3, -0.25) is 0 Å². The minimum atomic E-state index is 0. The summed E-state index contributed by atoms with van der Waals surface area (Å²) >= 11 is 0. The van der Waals surface area contributed by atoms with E-state index in [1.807, 2.05) is 0 Å². The van der Waals surface area contributed by atoms with Gasteiger partial charge in [0.05, 0.1) is 13.2 Å². The molecule has 0 rings (SSSR count). The lowest BCUT2D eigenvalue weighted by Crippen LogP contribution is -1.96. The van der Waals surface area contributed by atoms with Crippen molar-refractivity contribution in [3.05, 3.63) is 0 Å². The first-order valence-electron chi connectivity index (χ1n) is 1.89. The molecule has 0 spiro atoms. The van der Waals surface area contributed by atoms with Gasteiger partial charge >= 0.3 is 0 Å². The van der Waals surface area contributed by atoms with E-state index in [2.05, 4.69) is 9.47 Å². The molecule has 0 aliphatic rings. The lowest BCUT2D eigenvalue weighted by atomic mass is 10.8. The Morgan fingerprint density at radius 2 is 0.900 bits per heavy atom. The van der Waals surface area contributed by atoms with Gasteiger partial charge in [-0.25, -0.2) is 0 Å². The predicted octanol–water partition coefficient (Wildman–Crippen LogP) is 1.97. The molecule has 70 valence electrons. The van der Waals surface area contributed by atoms with Crippen LogP contribution in [0.1, 0.15) is 0 Å². The van der Waals surface area contributed by atoms with Crippen LogP contribution in [0.4, 0.5) is 0 Å². The molecule has 0 aliphatic carbocycles. The van der Waals surface area contributed by atoms with Crippen molar-refractivity contribution in [3.63, 3.8) is 0 Å². The maximum Gasteiger partial charge on any atom is 0.0696 e. The molecule has 0 heterocycles. The van der Waals surface area contributed by atoms with Crippen LogP contribution in [0.3, 0.4) is 0 Å². The van der Waals surface area contributed by atoms with E-state index in [0.717, 1.165) is 0 Å². The molecule has 0 saturated heterocycles. The molecule has 6 heteroatoms. The van der Waals surface area contributed by atoms with Crippen LogP contribution in [0.15, 0.2) is 0 Å². The molecular formula is C4H14Cl4O2. The third-order valence-corrected chi connectivity index (χ3v) is 0.492. The van der Waals surface area contributed by atoms with Crippen LogP contribution in [0.25, 0.3) is 0 Å². The highest BCUT2D eigenvalue weighted by Crippen LogP contribution is 1.65. The number of halogens is 4. The van der Waals surface area contributed by atoms with Gasteiger partial charge in [-0.2, -0.15) is 0 Å². The minimum Gasteiger partial charge on any atom is -0.382 e. The van der Waals surface area contributed by atoms with E-state index in [9.17, 15) is 0 Å². The van der Waals surface area contributed by atoms with Crippen molar-refractivity contribution in [1.82, 2.24) is 0 Å². The lowest BCUT2D eigenvalue weighted by Gasteiger charge is -1.91. The molecule has 0 aromatic heterocycles. The fourth-order valence-corrected chi connectivity index (χ4v) is 0.167. The zero-order valence-corrected chi connectivity index (χ0v) is 9.13. The van der Waals surface area contributed by atoms with Crippen molar-refractivity contribution < 1.29 is 9.47 Å². The van der Waals surface area contributed by atoms with E-state index in [-0.39, 0.29) is 49.6 Å². The molecule has 0 N–H and O–H groups in total. The Morgan fingerprint density at radius 1 is 0.700 bits per heavy atom. The fourth-order valence-electron chi connectivity index (χ4n) is 0.167. The van der Waals surface area contributed by atoms with E-state index in [0.29, 0.717) is 13.2 Å². The molecule has 0 aromatic carbocycles. The molecule has 0 radical (unpaired) electrons. The lowest BCUT2D eigenvalue weighted by molar-refractivity contribution is 0.103. The third-order valence-electron chi connectivity index (χ3n) is 0.492. The Morgan fingerprint density at radius 3 is 1.00 bits per heavy atom. The highest BCUT2D eigenvalue weighted by atomic mass is 35.5. The van der Waals surface area contributed by atoms with Crippen LogP contribution in [0.5, 0.6) is 0 Å². The zero-order chi connectivity index (χ0) is 4.83. The molecular weight excluding hydrogens is 222 g/mol. The summed E-state index contributed by atoms with van der Waals surface area (Å²) in [4.78, 5) is 0. The number of rotatable bonds is 3. The molecule has 0 saturated carbocycles. The monoisotopic (exact) mass is 234 g/mol. The van der Waals surface area contributed by atoms with Crippen molar-refractivity contribution in [2.75, 3.05) is 27.4 Å². The van der Waals surface area contributed by atoms with Crippen molar-refractivity contribution >= 4 is 49.6 Å². The molecule has 10 heavy (non-hydrogen) atoms. The molecule has 2 nitrogen and oxygen atoms in total. The van der Waals surface area contributed by atoms with E-state index < -0.39 is 0 Å². The summed E-state index contributed by atoms with van der Waals surface area (Å²) < 4.78 is 9.31. The Hall–Kier alpha value is 1.08. The van der Waals surface area contributed by atoms with Gasteiger partial charge in [0.1, 0.15) is 0 Å². The van der Waals surface area contributed by atoms with E-state index in [1.165, 1.54) is 0 Å². The first-order chi connectivity index (χ1) is 2.91. The van der Waals surface area contributed by atoms with Crippen molar-refractivity contribution in [1.29, 1.82) is 0 Å². The van der Waals surface area contributed by atoms with Crippen molar-refractivity contribution in [2.45, 2.75) is 0 Å². The second-order valence-electron chi connectivity index (χ2n) is 0.986. The largest absolute Gasteiger partial charge is 0.382 e. The molecule has 0 fully saturated rings. The maximum absolute atomic E-state index is 4.66. The Kier molecular flexibility index (Phi) is 98.1. The SMILES string of the molecule is COCCOC.Cl.Cl.Cl.Cl. The number of hydrogen-bond acceptors (Lipinski definition) is 2. The standard InChI is InChI=1S/C4H10O2.4ClH/c1-5-3-4-6-2;;;;/h3-4H2,1-2H3;4*1H. The summed E-state index contributed by atoms with van der Waals surface area (Å²) in [7, 11) is 3.30. The quantitative estimate of drug-likeness (QED) is 0.697. The van der Waals surface area contributed by atoms with Crippen LogP contribution in [0, 0.1) is 0 Å². The van der Waals surface area contributed by atoms with E-state index >= 15 is 0 Å². The number of methoxy groups -OCH3 is 2. The van der Waals surface area contributed by atoms with E-state index in [4.69, 9.17) is 0 Å². The van der Waals surface area contributed by atoms with Gasteiger partial charge in [0.25, 0.3) is 0 Å². The smallest absolute Gasteiger partial charge is 0.0696 e. The number of ether oxygens (including phenoxy) is 2. The maximum atomic E-state index is 4.66. The molecule has 0 unspecified atom stereocenters. The van der Waals surface area contributed by atoms with Gasteiger partial charge in [0.2, 0.25) is 0 Å². The average Bonchev–Trinajstić information content (AvgIpc) is 1.61. The average molecular weight is 236 g/mol. The summed E-state index contributed by atoms with van der Waals surface area (Å²) in [5, 5.41) is 0. The predicted molar refractivity (Wildman–Crippen MR) is 52.7 cm³/mol. The van der Waals surface area contributed by atoms with Gasteiger partial charge in [0, 0.05) is 14.2 Å². The zero-order valence-electron chi connectivity index (χ0n) is 5.86. The van der Waals surface area contributed by atoms with Gasteiger partial charge in [0.15, 0.2) is 0 Å². The Labute approximate surface area is 86.7 Å². The normalized spacial score (nSPS) is 5.40. The third kappa shape index (κ3) is 35.6. The highest BCUT2D eigenvalue weighted by Gasteiger charge is 1.73. The van der Waals surface area contributed by atoms with E-state index in [1.54, 1.807) is 14.2 Å². The van der Waals surface area contributed by atoms with Gasteiger partial charge in [-0.05, 0) is 0 Å². The molecule has 0 atom stereocenters. The summed E-state index contributed by atoms with van der Waals surface area (Å²) in [5.41, 5.74) is 0. The van der Waals surface area contributed by atoms with Gasteiger partial charge in [-0.1, -0.05) is 0 Å². The minimum absolute atomic E-state index is 0. The number of hydrogen-bond donors (Lipinski definition) is 0. The summed E-state index contributed by atoms with van der Waals surface area (Å²) in [5.74, 6) is 0. The van der Waals surface area contributed by atoms with Crippen LogP contribution in [0.2, 0.25) is 0 Å². The van der Waals surface area contributed by atoms with Gasteiger partial charge in [-0.15, -0.1) is 49.6 Å². The van der Waals surface area contributed by atoms with Crippen LogP contribution < -0.4 is 0 Å². The summed E-state index contributed by atoms with van der Waals surface area (Å²) in [6.45, 7) is 1.38. The molecule has 0 amide bonds. The topological polar surface area (TPSA) is 18.5 Å². The van der Waals surface area contributed by atoms with Crippen LogP contribution in [-0.2, 0) is 9.47 Å². The summed E-state index contributed by atoms with van der Waals surface area (Å²) in [6.07, 6.45) is 0. The first-order valence-corrected chi connectivity index (χ1v) is 1.89. The molecule has 0 bridgehead atoms. The van der Waals surface area contributed by atoms with Crippen LogP contribution in [-0.4, -0.2) is 27.4 Å². The Bertz CT molecular complexity index is 27.2. The first kappa shape index (κ1) is 30.5. The van der Waals surface area contributed by atoms with Crippen molar-refractivity contribution in [3.8, 4) is 0 Å². The molecule has 0 aliphatic heterocycles. The fraction of sp³-hybridized carbons (Fsp3) is 1.00. The van der Waals surface area contributed by atoms with Crippen LogP contribution >= 0.6 is 49.6 Å².